The molecule has 0 spiro atoms. The molecule has 1 unspecified atom stereocenters. The molecule has 0 amide bonds. The van der Waals surface area contributed by atoms with Crippen LogP contribution in [0.4, 0.5) is 0 Å². The van der Waals surface area contributed by atoms with Crippen LogP contribution >= 0.6 is 15.9 Å². The van der Waals surface area contributed by atoms with Gasteiger partial charge in [-0.1, -0.05) is 38.7 Å². The van der Waals surface area contributed by atoms with E-state index in [1.165, 1.54) is 37.7 Å². The molecule has 1 aliphatic carbocycles. The molecule has 3 heteroatoms. The van der Waals surface area contributed by atoms with E-state index in [4.69, 9.17) is 4.74 Å². The second-order valence-electron chi connectivity index (χ2n) is 5.62. The van der Waals surface area contributed by atoms with Gasteiger partial charge in [0.2, 0.25) is 0 Å². The Morgan fingerprint density at radius 2 is 2.05 bits per heavy atom. The minimum absolute atomic E-state index is 0.468. The Balaban J connectivity index is 2.09. The zero-order valence-electron chi connectivity index (χ0n) is 12.6. The second-order valence-corrected chi connectivity index (χ2v) is 6.47. The summed E-state index contributed by atoms with van der Waals surface area (Å²) in [6.07, 6.45) is 6.89. The lowest BCUT2D eigenvalue weighted by molar-refractivity contribution is 0.337. The van der Waals surface area contributed by atoms with Gasteiger partial charge in [0.1, 0.15) is 5.75 Å². The first kappa shape index (κ1) is 15.8. The van der Waals surface area contributed by atoms with E-state index in [9.17, 15) is 0 Å². The maximum absolute atomic E-state index is 5.60. The SMILES string of the molecule is CCNC(CC1CCCC1)c1ccc(OCC)c(Br)c1. The molecule has 1 aliphatic rings. The Labute approximate surface area is 131 Å². The fourth-order valence-corrected chi connectivity index (χ4v) is 3.68. The maximum Gasteiger partial charge on any atom is 0.133 e. The lowest BCUT2D eigenvalue weighted by atomic mass is 9.93. The first-order chi connectivity index (χ1) is 9.74. The predicted molar refractivity (Wildman–Crippen MR) is 88.3 cm³/mol. The summed E-state index contributed by atoms with van der Waals surface area (Å²) in [7, 11) is 0. The Bertz CT molecular complexity index is 415. The molecule has 1 N–H and O–H groups in total. The molecule has 0 bridgehead atoms. The number of rotatable bonds is 7. The van der Waals surface area contributed by atoms with Gasteiger partial charge in [-0.15, -0.1) is 0 Å². The van der Waals surface area contributed by atoms with Crippen LogP contribution in [0.1, 0.15) is 57.6 Å². The van der Waals surface area contributed by atoms with E-state index in [-0.39, 0.29) is 0 Å². The summed E-state index contributed by atoms with van der Waals surface area (Å²) in [5.74, 6) is 1.83. The number of ether oxygens (including phenoxy) is 1. The van der Waals surface area contributed by atoms with Crippen LogP contribution in [0.5, 0.6) is 5.75 Å². The van der Waals surface area contributed by atoms with Crippen molar-refractivity contribution in [1.29, 1.82) is 0 Å². The summed E-state index contributed by atoms with van der Waals surface area (Å²) in [5.41, 5.74) is 1.37. The lowest BCUT2D eigenvalue weighted by Crippen LogP contribution is -2.23. The van der Waals surface area contributed by atoms with Gasteiger partial charge >= 0.3 is 0 Å². The van der Waals surface area contributed by atoms with Crippen molar-refractivity contribution in [2.24, 2.45) is 5.92 Å². The summed E-state index contributed by atoms with van der Waals surface area (Å²) in [6.45, 7) is 5.92. The molecule has 0 saturated heterocycles. The van der Waals surface area contributed by atoms with Crippen LogP contribution in [-0.2, 0) is 0 Å². The first-order valence-electron chi connectivity index (χ1n) is 7.90. The number of benzene rings is 1. The molecular formula is C17H26BrNO. The van der Waals surface area contributed by atoms with Crippen LogP contribution in [0.3, 0.4) is 0 Å². The highest BCUT2D eigenvalue weighted by Crippen LogP contribution is 2.35. The van der Waals surface area contributed by atoms with Gasteiger partial charge in [-0.2, -0.15) is 0 Å². The van der Waals surface area contributed by atoms with Gasteiger partial charge in [0, 0.05) is 6.04 Å². The highest BCUT2D eigenvalue weighted by atomic mass is 79.9. The van der Waals surface area contributed by atoms with Crippen LogP contribution in [0, 0.1) is 5.92 Å². The summed E-state index contributed by atoms with van der Waals surface area (Å²) in [6, 6.07) is 6.97. The van der Waals surface area contributed by atoms with Crippen molar-refractivity contribution in [2.45, 2.75) is 52.0 Å². The molecule has 1 aromatic carbocycles. The molecule has 0 heterocycles. The van der Waals surface area contributed by atoms with Gasteiger partial charge in [0.25, 0.3) is 0 Å². The Kier molecular flexibility index (Phi) is 6.37. The highest BCUT2D eigenvalue weighted by Gasteiger charge is 2.21. The third-order valence-electron chi connectivity index (χ3n) is 4.15. The smallest absolute Gasteiger partial charge is 0.133 e. The third-order valence-corrected chi connectivity index (χ3v) is 4.77. The van der Waals surface area contributed by atoms with E-state index >= 15 is 0 Å². The Morgan fingerprint density at radius 3 is 2.65 bits per heavy atom. The number of halogens is 1. The Morgan fingerprint density at radius 1 is 1.30 bits per heavy atom. The average Bonchev–Trinajstić information content (AvgIpc) is 2.94. The van der Waals surface area contributed by atoms with Crippen LogP contribution < -0.4 is 10.1 Å². The zero-order valence-corrected chi connectivity index (χ0v) is 14.2. The van der Waals surface area contributed by atoms with Gasteiger partial charge in [0.15, 0.2) is 0 Å². The number of hydrogen-bond acceptors (Lipinski definition) is 2. The van der Waals surface area contributed by atoms with Crippen LogP contribution in [-0.4, -0.2) is 13.2 Å². The maximum atomic E-state index is 5.60. The number of hydrogen-bond donors (Lipinski definition) is 1. The topological polar surface area (TPSA) is 21.3 Å². The minimum Gasteiger partial charge on any atom is -0.493 e. The predicted octanol–water partition coefficient (Wildman–Crippen LogP) is 5.08. The van der Waals surface area contributed by atoms with Gasteiger partial charge in [-0.25, -0.2) is 0 Å². The van der Waals surface area contributed by atoms with E-state index in [1.54, 1.807) is 0 Å². The molecule has 1 atom stereocenters. The molecule has 1 aromatic rings. The summed E-state index contributed by atoms with van der Waals surface area (Å²) in [4.78, 5) is 0. The molecule has 0 aliphatic heterocycles. The van der Waals surface area contributed by atoms with Crippen molar-refractivity contribution in [2.75, 3.05) is 13.2 Å². The first-order valence-corrected chi connectivity index (χ1v) is 8.69. The molecule has 20 heavy (non-hydrogen) atoms. The fourth-order valence-electron chi connectivity index (χ4n) is 3.17. The van der Waals surface area contributed by atoms with Gasteiger partial charge in [-0.05, 0) is 59.4 Å². The monoisotopic (exact) mass is 339 g/mol. The third kappa shape index (κ3) is 4.23. The van der Waals surface area contributed by atoms with Crippen LogP contribution in [0.15, 0.2) is 22.7 Å². The summed E-state index contributed by atoms with van der Waals surface area (Å²) >= 11 is 3.63. The van der Waals surface area contributed by atoms with Crippen molar-refractivity contribution in [3.63, 3.8) is 0 Å². The minimum atomic E-state index is 0.468. The molecule has 2 rings (SSSR count). The summed E-state index contributed by atoms with van der Waals surface area (Å²) < 4.78 is 6.66. The van der Waals surface area contributed by atoms with E-state index in [0.29, 0.717) is 12.6 Å². The Hall–Kier alpha value is -0.540. The van der Waals surface area contributed by atoms with Gasteiger partial charge < -0.3 is 10.1 Å². The van der Waals surface area contributed by atoms with Gasteiger partial charge in [0.05, 0.1) is 11.1 Å². The van der Waals surface area contributed by atoms with Crippen molar-refractivity contribution in [1.82, 2.24) is 5.32 Å². The second kappa shape index (κ2) is 8.04. The molecule has 2 nitrogen and oxygen atoms in total. The fraction of sp³-hybridized carbons (Fsp3) is 0.647. The van der Waals surface area contributed by atoms with E-state index in [1.807, 2.05) is 6.92 Å². The molecule has 0 radical (unpaired) electrons. The molecule has 112 valence electrons. The van der Waals surface area contributed by atoms with Crippen molar-refractivity contribution in [3.8, 4) is 5.75 Å². The van der Waals surface area contributed by atoms with Crippen molar-refractivity contribution in [3.05, 3.63) is 28.2 Å². The molecule has 1 fully saturated rings. The molecular weight excluding hydrogens is 314 g/mol. The number of nitrogens with one attached hydrogen (secondary N) is 1. The van der Waals surface area contributed by atoms with Crippen molar-refractivity contribution < 1.29 is 4.74 Å². The largest absolute Gasteiger partial charge is 0.493 e. The quantitative estimate of drug-likeness (QED) is 0.747. The van der Waals surface area contributed by atoms with Crippen LogP contribution in [0.25, 0.3) is 0 Å². The zero-order chi connectivity index (χ0) is 14.4. The summed E-state index contributed by atoms with van der Waals surface area (Å²) in [5, 5.41) is 3.64. The van der Waals surface area contributed by atoms with E-state index in [0.717, 1.165) is 22.7 Å². The molecule has 1 saturated carbocycles. The molecule has 0 aromatic heterocycles. The average molecular weight is 340 g/mol. The van der Waals surface area contributed by atoms with E-state index < -0.39 is 0 Å². The van der Waals surface area contributed by atoms with E-state index in [2.05, 4.69) is 46.4 Å². The van der Waals surface area contributed by atoms with Crippen LogP contribution in [0.2, 0.25) is 0 Å². The van der Waals surface area contributed by atoms with Gasteiger partial charge in [-0.3, -0.25) is 0 Å². The standard InChI is InChI=1S/C17H26BrNO/c1-3-19-16(11-13-7-5-6-8-13)14-9-10-17(20-4-2)15(18)12-14/h9-10,12-13,16,19H,3-8,11H2,1-2H3. The lowest BCUT2D eigenvalue weighted by Gasteiger charge is -2.22. The normalized spacial score (nSPS) is 17.4. The highest BCUT2D eigenvalue weighted by molar-refractivity contribution is 9.10. The van der Waals surface area contributed by atoms with Crippen molar-refractivity contribution >= 4 is 15.9 Å².